The molecule has 1 N–H and O–H groups in total. The molecule has 1 fully saturated rings. The van der Waals surface area contributed by atoms with Crippen molar-refractivity contribution < 1.29 is 18.3 Å². The van der Waals surface area contributed by atoms with E-state index in [0.717, 1.165) is 0 Å². The second-order valence-corrected chi connectivity index (χ2v) is 6.39. The summed E-state index contributed by atoms with van der Waals surface area (Å²) < 4.78 is 31.8. The molecule has 1 aliphatic rings. The van der Waals surface area contributed by atoms with Crippen molar-refractivity contribution in [3.63, 3.8) is 0 Å². The molecule has 1 aromatic carbocycles. The van der Waals surface area contributed by atoms with Crippen LogP contribution in [0.5, 0.6) is 0 Å². The van der Waals surface area contributed by atoms with Gasteiger partial charge >= 0.3 is 0 Å². The number of hydrogen-bond donors (Lipinski definition) is 1. The Labute approximate surface area is 117 Å². The fraction of sp³-hybridized carbons (Fsp3) is 0.500. The first-order valence-corrected chi connectivity index (χ1v) is 7.93. The Balaban J connectivity index is 2.40. The van der Waals surface area contributed by atoms with Crippen molar-refractivity contribution in [3.8, 4) is 0 Å². The van der Waals surface area contributed by atoms with Crippen molar-refractivity contribution in [2.45, 2.75) is 16.8 Å². The lowest BCUT2D eigenvalue weighted by Crippen LogP contribution is -2.50. The Morgan fingerprint density at radius 3 is 2.84 bits per heavy atom. The number of halogens is 1. The molecule has 2 rings (SSSR count). The summed E-state index contributed by atoms with van der Waals surface area (Å²) in [7, 11) is -3.66. The van der Waals surface area contributed by atoms with Gasteiger partial charge in [-0.3, -0.25) is 0 Å². The minimum Gasteiger partial charge on any atom is -0.395 e. The van der Waals surface area contributed by atoms with Crippen LogP contribution in [0, 0.1) is 0 Å². The summed E-state index contributed by atoms with van der Waals surface area (Å²) >= 11 is 5.79. The maximum absolute atomic E-state index is 12.6. The molecule has 1 aromatic rings. The van der Waals surface area contributed by atoms with E-state index in [9.17, 15) is 13.5 Å². The SMILES string of the molecule is O=S(=O)(c1ccccc1CCl)N1CCOCC1CO. The van der Waals surface area contributed by atoms with Crippen molar-refractivity contribution in [2.24, 2.45) is 0 Å². The normalized spacial score (nSPS) is 21.5. The Kier molecular flexibility index (Phi) is 4.81. The number of aliphatic hydroxyl groups is 1. The monoisotopic (exact) mass is 305 g/mol. The van der Waals surface area contributed by atoms with E-state index >= 15 is 0 Å². The van der Waals surface area contributed by atoms with Gasteiger partial charge in [-0.2, -0.15) is 4.31 Å². The van der Waals surface area contributed by atoms with Crippen LogP contribution in [-0.2, 0) is 20.6 Å². The summed E-state index contributed by atoms with van der Waals surface area (Å²) in [6, 6.07) is 6.10. The average Bonchev–Trinajstić information content (AvgIpc) is 2.47. The van der Waals surface area contributed by atoms with Gasteiger partial charge < -0.3 is 9.84 Å². The molecular weight excluding hydrogens is 290 g/mol. The molecule has 0 spiro atoms. The number of aliphatic hydroxyl groups excluding tert-OH is 1. The van der Waals surface area contributed by atoms with Crippen LogP contribution in [0.25, 0.3) is 0 Å². The first-order chi connectivity index (χ1) is 9.11. The van der Waals surface area contributed by atoms with Gasteiger partial charge in [-0.15, -0.1) is 11.6 Å². The number of morpholine rings is 1. The van der Waals surface area contributed by atoms with Crippen molar-refractivity contribution in [2.75, 3.05) is 26.4 Å². The highest BCUT2D eigenvalue weighted by Crippen LogP contribution is 2.24. The zero-order valence-corrected chi connectivity index (χ0v) is 11.9. The van der Waals surface area contributed by atoms with Crippen LogP contribution in [0.2, 0.25) is 0 Å². The predicted molar refractivity (Wildman–Crippen MR) is 71.6 cm³/mol. The van der Waals surface area contributed by atoms with Gasteiger partial charge in [0.15, 0.2) is 0 Å². The number of ether oxygens (including phenoxy) is 1. The van der Waals surface area contributed by atoms with E-state index in [1.165, 1.54) is 10.4 Å². The molecule has 1 heterocycles. The standard InChI is InChI=1S/C12H16ClNO4S/c13-7-10-3-1-2-4-12(10)19(16,17)14-5-6-18-9-11(14)8-15/h1-4,11,15H,5-9H2. The third-order valence-electron chi connectivity index (χ3n) is 3.09. The molecule has 0 amide bonds. The molecular formula is C12H16ClNO4S. The van der Waals surface area contributed by atoms with Crippen LogP contribution >= 0.6 is 11.6 Å². The topological polar surface area (TPSA) is 66.8 Å². The van der Waals surface area contributed by atoms with E-state index in [1.807, 2.05) is 0 Å². The molecule has 0 bridgehead atoms. The van der Waals surface area contributed by atoms with Gasteiger partial charge in [-0.05, 0) is 11.6 Å². The zero-order valence-electron chi connectivity index (χ0n) is 10.3. The second-order valence-electron chi connectivity index (χ2n) is 4.27. The van der Waals surface area contributed by atoms with Crippen LogP contribution in [-0.4, -0.2) is 50.2 Å². The van der Waals surface area contributed by atoms with Gasteiger partial charge in [0.2, 0.25) is 10.0 Å². The van der Waals surface area contributed by atoms with Gasteiger partial charge in [0.25, 0.3) is 0 Å². The molecule has 0 radical (unpaired) electrons. The third-order valence-corrected chi connectivity index (χ3v) is 5.43. The number of rotatable bonds is 4. The van der Waals surface area contributed by atoms with Crippen LogP contribution in [0.4, 0.5) is 0 Å². The number of alkyl halides is 1. The maximum atomic E-state index is 12.6. The van der Waals surface area contributed by atoms with E-state index in [1.54, 1.807) is 18.2 Å². The van der Waals surface area contributed by atoms with E-state index in [4.69, 9.17) is 16.3 Å². The minimum absolute atomic E-state index is 0.129. The Morgan fingerprint density at radius 2 is 2.16 bits per heavy atom. The fourth-order valence-electron chi connectivity index (χ4n) is 2.09. The molecule has 1 atom stereocenters. The molecule has 0 saturated carbocycles. The van der Waals surface area contributed by atoms with Gasteiger partial charge in [0.1, 0.15) is 0 Å². The predicted octanol–water partition coefficient (Wildman–Crippen LogP) is 0.807. The summed E-state index contributed by atoms with van der Waals surface area (Å²) in [5.74, 6) is 0.129. The fourth-order valence-corrected chi connectivity index (χ4v) is 4.21. The van der Waals surface area contributed by atoms with E-state index in [0.29, 0.717) is 12.2 Å². The molecule has 5 nitrogen and oxygen atoms in total. The molecule has 1 saturated heterocycles. The lowest BCUT2D eigenvalue weighted by Gasteiger charge is -2.33. The first-order valence-electron chi connectivity index (χ1n) is 5.95. The Hall–Kier alpha value is -0.660. The average molecular weight is 306 g/mol. The summed E-state index contributed by atoms with van der Waals surface area (Å²) in [6.07, 6.45) is 0. The van der Waals surface area contributed by atoms with Crippen molar-refractivity contribution in [1.29, 1.82) is 0 Å². The maximum Gasteiger partial charge on any atom is 0.243 e. The van der Waals surface area contributed by atoms with Gasteiger partial charge in [-0.25, -0.2) is 8.42 Å². The lowest BCUT2D eigenvalue weighted by atomic mass is 10.2. The van der Waals surface area contributed by atoms with Gasteiger partial charge in [0, 0.05) is 12.4 Å². The van der Waals surface area contributed by atoms with Gasteiger partial charge in [-0.1, -0.05) is 18.2 Å². The molecule has 19 heavy (non-hydrogen) atoms. The second kappa shape index (κ2) is 6.19. The van der Waals surface area contributed by atoms with Crippen LogP contribution in [0.15, 0.2) is 29.2 Å². The van der Waals surface area contributed by atoms with Crippen LogP contribution < -0.4 is 0 Å². The smallest absolute Gasteiger partial charge is 0.243 e. The third kappa shape index (κ3) is 2.93. The van der Waals surface area contributed by atoms with E-state index < -0.39 is 16.1 Å². The molecule has 1 aliphatic heterocycles. The minimum atomic E-state index is -3.66. The largest absolute Gasteiger partial charge is 0.395 e. The number of nitrogens with zero attached hydrogens (tertiary/aromatic N) is 1. The highest BCUT2D eigenvalue weighted by Gasteiger charge is 2.34. The number of sulfonamides is 1. The van der Waals surface area contributed by atoms with Gasteiger partial charge in [0.05, 0.1) is 30.8 Å². The summed E-state index contributed by atoms with van der Waals surface area (Å²) in [5, 5.41) is 9.29. The highest BCUT2D eigenvalue weighted by atomic mass is 35.5. The summed E-state index contributed by atoms with van der Waals surface area (Å²) in [6.45, 7) is 0.518. The number of benzene rings is 1. The van der Waals surface area contributed by atoms with Crippen molar-refractivity contribution >= 4 is 21.6 Å². The summed E-state index contributed by atoms with van der Waals surface area (Å²) in [4.78, 5) is 0.199. The first kappa shape index (κ1) is 14.7. The van der Waals surface area contributed by atoms with Crippen LogP contribution in [0.1, 0.15) is 5.56 Å². The van der Waals surface area contributed by atoms with E-state index in [2.05, 4.69) is 0 Å². The zero-order chi connectivity index (χ0) is 13.9. The summed E-state index contributed by atoms with van der Waals surface area (Å²) in [5.41, 5.74) is 0.562. The molecule has 106 valence electrons. The quantitative estimate of drug-likeness (QED) is 0.836. The van der Waals surface area contributed by atoms with Crippen LogP contribution in [0.3, 0.4) is 0 Å². The Morgan fingerprint density at radius 1 is 1.42 bits per heavy atom. The molecule has 0 aliphatic carbocycles. The molecule has 1 unspecified atom stereocenters. The Bertz CT molecular complexity index is 534. The van der Waals surface area contributed by atoms with Crippen molar-refractivity contribution in [3.05, 3.63) is 29.8 Å². The van der Waals surface area contributed by atoms with E-state index in [-0.39, 0.29) is 30.5 Å². The molecule has 7 heteroatoms. The lowest BCUT2D eigenvalue weighted by molar-refractivity contribution is 0.0109. The number of hydrogen-bond acceptors (Lipinski definition) is 4. The van der Waals surface area contributed by atoms with Crippen molar-refractivity contribution in [1.82, 2.24) is 4.31 Å². The molecule has 0 aromatic heterocycles. The highest BCUT2D eigenvalue weighted by molar-refractivity contribution is 7.89.